The summed E-state index contributed by atoms with van der Waals surface area (Å²) in [4.78, 5) is 11.4. The molecule has 16 heavy (non-hydrogen) atoms. The minimum absolute atomic E-state index is 0.171. The number of nitrogens with one attached hydrogen (secondary N) is 1. The topological polar surface area (TPSA) is 38.3 Å². The minimum atomic E-state index is -0.455. The summed E-state index contributed by atoms with van der Waals surface area (Å²) in [6.07, 6.45) is 1.00. The van der Waals surface area contributed by atoms with Crippen LogP contribution in [0.1, 0.15) is 19.4 Å². The standard InChI is InChI=1S/C12H19NO2S/c1-12(2,11(14)15-3)9-13-6-4-10-5-7-16-8-10/h5,7-8,13H,4,6,9H2,1-3H3. The summed E-state index contributed by atoms with van der Waals surface area (Å²) in [5.74, 6) is -0.171. The monoisotopic (exact) mass is 241 g/mol. The van der Waals surface area contributed by atoms with Crippen LogP contribution in [0.15, 0.2) is 16.8 Å². The van der Waals surface area contributed by atoms with Gasteiger partial charge in [-0.05, 0) is 49.2 Å². The summed E-state index contributed by atoms with van der Waals surface area (Å²) < 4.78 is 4.74. The van der Waals surface area contributed by atoms with E-state index in [4.69, 9.17) is 4.74 Å². The van der Waals surface area contributed by atoms with Gasteiger partial charge in [0.1, 0.15) is 0 Å². The van der Waals surface area contributed by atoms with Crippen LogP contribution in [-0.4, -0.2) is 26.2 Å². The van der Waals surface area contributed by atoms with Gasteiger partial charge in [0.2, 0.25) is 0 Å². The van der Waals surface area contributed by atoms with Crippen LogP contribution in [0, 0.1) is 5.41 Å². The van der Waals surface area contributed by atoms with Gasteiger partial charge < -0.3 is 10.1 Å². The lowest BCUT2D eigenvalue weighted by molar-refractivity contribution is -0.150. The maximum Gasteiger partial charge on any atom is 0.312 e. The van der Waals surface area contributed by atoms with Gasteiger partial charge in [-0.2, -0.15) is 11.3 Å². The molecule has 0 aromatic carbocycles. The second-order valence-corrected chi connectivity index (χ2v) is 5.21. The number of carbonyl (C=O) groups is 1. The van der Waals surface area contributed by atoms with Crippen molar-refractivity contribution in [2.24, 2.45) is 5.41 Å². The van der Waals surface area contributed by atoms with Crippen LogP contribution in [0.5, 0.6) is 0 Å². The van der Waals surface area contributed by atoms with Gasteiger partial charge in [0.15, 0.2) is 0 Å². The van der Waals surface area contributed by atoms with Crippen LogP contribution in [0.2, 0.25) is 0 Å². The molecule has 1 aromatic heterocycles. The van der Waals surface area contributed by atoms with Crippen molar-refractivity contribution >= 4 is 17.3 Å². The number of hydrogen-bond donors (Lipinski definition) is 1. The third-order valence-electron chi connectivity index (χ3n) is 2.48. The largest absolute Gasteiger partial charge is 0.469 e. The molecule has 0 saturated carbocycles. The van der Waals surface area contributed by atoms with E-state index in [-0.39, 0.29) is 5.97 Å². The number of ether oxygens (including phenoxy) is 1. The number of methoxy groups -OCH3 is 1. The van der Waals surface area contributed by atoms with E-state index in [1.54, 1.807) is 11.3 Å². The zero-order valence-corrected chi connectivity index (χ0v) is 10.9. The van der Waals surface area contributed by atoms with Crippen molar-refractivity contribution < 1.29 is 9.53 Å². The van der Waals surface area contributed by atoms with Crippen LogP contribution < -0.4 is 5.32 Å². The first-order valence-electron chi connectivity index (χ1n) is 5.36. The van der Waals surface area contributed by atoms with Gasteiger partial charge in [-0.3, -0.25) is 4.79 Å². The highest BCUT2D eigenvalue weighted by Crippen LogP contribution is 2.15. The maximum absolute atomic E-state index is 11.4. The first kappa shape index (κ1) is 13.2. The van der Waals surface area contributed by atoms with Crippen molar-refractivity contribution in [3.8, 4) is 0 Å². The second-order valence-electron chi connectivity index (χ2n) is 4.43. The van der Waals surface area contributed by atoms with Crippen LogP contribution in [0.25, 0.3) is 0 Å². The van der Waals surface area contributed by atoms with Gasteiger partial charge >= 0.3 is 5.97 Å². The van der Waals surface area contributed by atoms with E-state index in [2.05, 4.69) is 22.1 Å². The number of hydrogen-bond acceptors (Lipinski definition) is 4. The fourth-order valence-corrected chi connectivity index (χ4v) is 2.12. The van der Waals surface area contributed by atoms with Crippen molar-refractivity contribution in [2.75, 3.05) is 20.2 Å². The molecule has 90 valence electrons. The highest BCUT2D eigenvalue weighted by atomic mass is 32.1. The Balaban J connectivity index is 2.22. The third-order valence-corrected chi connectivity index (χ3v) is 3.21. The van der Waals surface area contributed by atoms with E-state index in [0.717, 1.165) is 13.0 Å². The Bertz CT molecular complexity index is 320. The molecular weight excluding hydrogens is 222 g/mol. The van der Waals surface area contributed by atoms with Crippen molar-refractivity contribution in [1.29, 1.82) is 0 Å². The summed E-state index contributed by atoms with van der Waals surface area (Å²) >= 11 is 1.71. The predicted octanol–water partition coefficient (Wildman–Crippen LogP) is 2.08. The summed E-state index contributed by atoms with van der Waals surface area (Å²) in [6, 6.07) is 2.12. The first-order chi connectivity index (χ1) is 7.56. The highest BCUT2D eigenvalue weighted by molar-refractivity contribution is 7.07. The molecule has 3 nitrogen and oxygen atoms in total. The molecular formula is C12H19NO2S. The number of esters is 1. The Morgan fingerprint density at radius 1 is 1.56 bits per heavy atom. The third kappa shape index (κ3) is 3.94. The summed E-state index contributed by atoms with van der Waals surface area (Å²) in [6.45, 7) is 5.30. The Labute approximate surface area is 101 Å². The second kappa shape index (κ2) is 6.01. The molecule has 0 fully saturated rings. The molecule has 0 spiro atoms. The first-order valence-corrected chi connectivity index (χ1v) is 6.31. The van der Waals surface area contributed by atoms with Crippen molar-refractivity contribution in [2.45, 2.75) is 20.3 Å². The fourth-order valence-electron chi connectivity index (χ4n) is 1.42. The molecule has 1 rings (SSSR count). The van der Waals surface area contributed by atoms with E-state index in [1.807, 2.05) is 13.8 Å². The van der Waals surface area contributed by atoms with E-state index in [9.17, 15) is 4.79 Å². The molecule has 0 unspecified atom stereocenters. The van der Waals surface area contributed by atoms with Gasteiger partial charge in [0.05, 0.1) is 12.5 Å². The van der Waals surface area contributed by atoms with Crippen molar-refractivity contribution in [1.82, 2.24) is 5.32 Å². The van der Waals surface area contributed by atoms with Gasteiger partial charge in [-0.1, -0.05) is 0 Å². The number of thiophene rings is 1. The average Bonchev–Trinajstić information content (AvgIpc) is 2.76. The van der Waals surface area contributed by atoms with Gasteiger partial charge in [0.25, 0.3) is 0 Å². The highest BCUT2D eigenvalue weighted by Gasteiger charge is 2.27. The van der Waals surface area contributed by atoms with Crippen LogP contribution in [0.3, 0.4) is 0 Å². The van der Waals surface area contributed by atoms with Crippen molar-refractivity contribution in [3.63, 3.8) is 0 Å². The average molecular weight is 241 g/mol. The van der Waals surface area contributed by atoms with Crippen molar-refractivity contribution in [3.05, 3.63) is 22.4 Å². The number of rotatable bonds is 6. The Morgan fingerprint density at radius 3 is 2.88 bits per heavy atom. The molecule has 0 radical (unpaired) electrons. The van der Waals surface area contributed by atoms with Crippen LogP contribution >= 0.6 is 11.3 Å². The molecule has 0 atom stereocenters. The predicted molar refractivity (Wildman–Crippen MR) is 66.7 cm³/mol. The van der Waals surface area contributed by atoms with E-state index >= 15 is 0 Å². The molecule has 1 N–H and O–H groups in total. The molecule has 1 heterocycles. The SMILES string of the molecule is COC(=O)C(C)(C)CNCCc1ccsc1. The Hall–Kier alpha value is -0.870. The van der Waals surface area contributed by atoms with E-state index in [0.29, 0.717) is 6.54 Å². The quantitative estimate of drug-likeness (QED) is 0.612. The number of carbonyl (C=O) groups excluding carboxylic acids is 1. The smallest absolute Gasteiger partial charge is 0.312 e. The minimum Gasteiger partial charge on any atom is -0.469 e. The molecule has 0 aliphatic carbocycles. The molecule has 1 aromatic rings. The van der Waals surface area contributed by atoms with Crippen LogP contribution in [-0.2, 0) is 16.0 Å². The normalized spacial score (nSPS) is 11.4. The zero-order valence-electron chi connectivity index (χ0n) is 10.1. The van der Waals surface area contributed by atoms with E-state index < -0.39 is 5.41 Å². The zero-order chi connectivity index (χ0) is 12.0. The molecule has 0 aliphatic rings. The van der Waals surface area contributed by atoms with Gasteiger partial charge in [-0.15, -0.1) is 0 Å². The van der Waals surface area contributed by atoms with E-state index in [1.165, 1.54) is 12.7 Å². The fraction of sp³-hybridized carbons (Fsp3) is 0.583. The molecule has 0 bridgehead atoms. The molecule has 0 amide bonds. The lowest BCUT2D eigenvalue weighted by atomic mass is 9.94. The van der Waals surface area contributed by atoms with Gasteiger partial charge in [0, 0.05) is 6.54 Å². The molecule has 0 saturated heterocycles. The molecule has 0 aliphatic heterocycles. The van der Waals surface area contributed by atoms with Gasteiger partial charge in [-0.25, -0.2) is 0 Å². The summed E-state index contributed by atoms with van der Waals surface area (Å²) in [7, 11) is 1.43. The molecule has 4 heteroatoms. The summed E-state index contributed by atoms with van der Waals surface area (Å²) in [5, 5.41) is 7.51. The Morgan fingerprint density at radius 2 is 2.31 bits per heavy atom. The maximum atomic E-state index is 11.4. The Kier molecular flexibility index (Phi) is 4.96. The lowest BCUT2D eigenvalue weighted by Gasteiger charge is -2.21. The summed E-state index contributed by atoms with van der Waals surface area (Å²) in [5.41, 5.74) is 0.886. The lowest BCUT2D eigenvalue weighted by Crippen LogP contribution is -2.37. The van der Waals surface area contributed by atoms with Crippen LogP contribution in [0.4, 0.5) is 0 Å².